The van der Waals surface area contributed by atoms with Crippen LogP contribution >= 0.6 is 0 Å². The van der Waals surface area contributed by atoms with Crippen LogP contribution in [0.1, 0.15) is 40.0 Å². The van der Waals surface area contributed by atoms with Crippen LogP contribution < -0.4 is 5.32 Å². The minimum absolute atomic E-state index is 0.256. The Kier molecular flexibility index (Phi) is 3.12. The predicted molar refractivity (Wildman–Crippen MR) is 49.8 cm³/mol. The normalized spacial score (nSPS) is 28.5. The molecule has 0 aromatic rings. The van der Waals surface area contributed by atoms with E-state index in [2.05, 4.69) is 26.1 Å². The topological polar surface area (TPSA) is 29.1 Å². The van der Waals surface area contributed by atoms with Crippen LogP contribution in [-0.2, 0) is 4.79 Å². The molecule has 0 unspecified atom stereocenters. The number of nitrogens with one attached hydrogen (secondary N) is 1. The zero-order valence-electron chi connectivity index (χ0n) is 8.26. The van der Waals surface area contributed by atoms with E-state index in [0.717, 1.165) is 6.42 Å². The SMILES string of the molecule is CCCC[C@H]1NC(=O)[C@H]1C(C)C. The van der Waals surface area contributed by atoms with Crippen LogP contribution in [0.25, 0.3) is 0 Å². The molecule has 2 heteroatoms. The van der Waals surface area contributed by atoms with Crippen LogP contribution in [-0.4, -0.2) is 11.9 Å². The molecule has 1 aliphatic heterocycles. The Hall–Kier alpha value is -0.530. The fourth-order valence-corrected chi connectivity index (χ4v) is 1.90. The summed E-state index contributed by atoms with van der Waals surface area (Å²) in [6.45, 7) is 6.44. The van der Waals surface area contributed by atoms with E-state index in [9.17, 15) is 4.79 Å². The third-order valence-electron chi connectivity index (χ3n) is 2.65. The fraction of sp³-hybridized carbons (Fsp3) is 0.900. The van der Waals surface area contributed by atoms with Crippen molar-refractivity contribution in [3.8, 4) is 0 Å². The molecule has 0 aromatic carbocycles. The van der Waals surface area contributed by atoms with E-state index in [0.29, 0.717) is 12.0 Å². The molecule has 1 amide bonds. The van der Waals surface area contributed by atoms with E-state index in [4.69, 9.17) is 0 Å². The van der Waals surface area contributed by atoms with E-state index >= 15 is 0 Å². The van der Waals surface area contributed by atoms with Gasteiger partial charge in [-0.15, -0.1) is 0 Å². The summed E-state index contributed by atoms with van der Waals surface area (Å²) in [5, 5.41) is 2.97. The highest BCUT2D eigenvalue weighted by atomic mass is 16.2. The molecule has 1 rings (SSSR count). The number of amides is 1. The summed E-state index contributed by atoms with van der Waals surface area (Å²) in [7, 11) is 0. The van der Waals surface area contributed by atoms with Crippen LogP contribution in [0.5, 0.6) is 0 Å². The van der Waals surface area contributed by atoms with Crippen molar-refractivity contribution in [3.05, 3.63) is 0 Å². The average molecular weight is 169 g/mol. The van der Waals surface area contributed by atoms with Crippen molar-refractivity contribution in [3.63, 3.8) is 0 Å². The van der Waals surface area contributed by atoms with Gasteiger partial charge in [-0.05, 0) is 12.3 Å². The molecular weight excluding hydrogens is 150 g/mol. The van der Waals surface area contributed by atoms with Crippen molar-refractivity contribution < 1.29 is 4.79 Å². The van der Waals surface area contributed by atoms with E-state index in [1.807, 2.05) is 0 Å². The van der Waals surface area contributed by atoms with Crippen LogP contribution in [0.3, 0.4) is 0 Å². The first-order chi connectivity index (χ1) is 5.66. The van der Waals surface area contributed by atoms with Gasteiger partial charge in [-0.25, -0.2) is 0 Å². The Morgan fingerprint density at radius 1 is 1.50 bits per heavy atom. The maximum absolute atomic E-state index is 11.1. The Balaban J connectivity index is 2.33. The lowest BCUT2D eigenvalue weighted by atomic mass is 9.79. The zero-order valence-corrected chi connectivity index (χ0v) is 8.26. The summed E-state index contributed by atoms with van der Waals surface area (Å²) in [4.78, 5) is 11.1. The summed E-state index contributed by atoms with van der Waals surface area (Å²) in [5.41, 5.74) is 0. The first-order valence-electron chi connectivity index (χ1n) is 4.97. The number of hydrogen-bond donors (Lipinski definition) is 1. The zero-order chi connectivity index (χ0) is 9.14. The molecule has 1 N–H and O–H groups in total. The minimum atomic E-state index is 0.256. The maximum Gasteiger partial charge on any atom is 0.225 e. The number of β-lactam (4-membered cyclic amide) rings is 1. The van der Waals surface area contributed by atoms with E-state index in [1.54, 1.807) is 0 Å². The predicted octanol–water partition coefficient (Wildman–Crippen LogP) is 1.95. The molecular formula is C10H19NO. The van der Waals surface area contributed by atoms with Crippen molar-refractivity contribution in [1.82, 2.24) is 5.32 Å². The molecule has 0 aliphatic carbocycles. The summed E-state index contributed by atoms with van der Waals surface area (Å²) in [5.74, 6) is 1.04. The summed E-state index contributed by atoms with van der Waals surface area (Å²) >= 11 is 0. The molecule has 0 saturated carbocycles. The van der Waals surface area contributed by atoms with Crippen molar-refractivity contribution in [1.29, 1.82) is 0 Å². The van der Waals surface area contributed by atoms with Gasteiger partial charge in [0.1, 0.15) is 0 Å². The average Bonchev–Trinajstić information content (AvgIpc) is 1.95. The van der Waals surface area contributed by atoms with Gasteiger partial charge in [0.05, 0.1) is 5.92 Å². The second-order valence-electron chi connectivity index (χ2n) is 4.03. The second kappa shape index (κ2) is 3.92. The number of rotatable bonds is 4. The van der Waals surface area contributed by atoms with Crippen LogP contribution in [0.2, 0.25) is 0 Å². The molecule has 70 valence electrons. The number of carbonyl (C=O) groups excluding carboxylic acids is 1. The Morgan fingerprint density at radius 3 is 2.58 bits per heavy atom. The number of hydrogen-bond acceptors (Lipinski definition) is 1. The molecule has 0 bridgehead atoms. The molecule has 1 fully saturated rings. The molecule has 1 heterocycles. The molecule has 1 saturated heterocycles. The highest BCUT2D eigenvalue weighted by Crippen LogP contribution is 2.26. The van der Waals surface area contributed by atoms with Gasteiger partial charge in [-0.1, -0.05) is 33.6 Å². The fourth-order valence-electron chi connectivity index (χ4n) is 1.90. The minimum Gasteiger partial charge on any atom is -0.352 e. The molecule has 0 radical (unpaired) electrons. The summed E-state index contributed by atoms with van der Waals surface area (Å²) in [6, 6.07) is 0.470. The molecule has 0 aromatic heterocycles. The first-order valence-corrected chi connectivity index (χ1v) is 4.97. The lowest BCUT2D eigenvalue weighted by molar-refractivity contribution is -0.137. The van der Waals surface area contributed by atoms with Crippen molar-refractivity contribution >= 4 is 5.91 Å². The van der Waals surface area contributed by atoms with Gasteiger partial charge in [0.25, 0.3) is 0 Å². The lowest BCUT2D eigenvalue weighted by Gasteiger charge is -2.39. The van der Waals surface area contributed by atoms with Gasteiger partial charge in [0.2, 0.25) is 5.91 Å². The monoisotopic (exact) mass is 169 g/mol. The van der Waals surface area contributed by atoms with Crippen molar-refractivity contribution in [2.45, 2.75) is 46.1 Å². The van der Waals surface area contributed by atoms with Gasteiger partial charge < -0.3 is 5.32 Å². The summed E-state index contributed by atoms with van der Waals surface area (Å²) in [6.07, 6.45) is 3.61. The van der Waals surface area contributed by atoms with Gasteiger partial charge in [-0.2, -0.15) is 0 Å². The molecule has 1 aliphatic rings. The molecule has 12 heavy (non-hydrogen) atoms. The third kappa shape index (κ3) is 1.79. The highest BCUT2D eigenvalue weighted by molar-refractivity contribution is 5.86. The van der Waals surface area contributed by atoms with Gasteiger partial charge in [-0.3, -0.25) is 4.79 Å². The molecule has 2 atom stereocenters. The molecule has 0 spiro atoms. The van der Waals surface area contributed by atoms with E-state index in [-0.39, 0.29) is 11.8 Å². The highest BCUT2D eigenvalue weighted by Gasteiger charge is 2.40. The second-order valence-corrected chi connectivity index (χ2v) is 4.03. The van der Waals surface area contributed by atoms with Crippen molar-refractivity contribution in [2.24, 2.45) is 11.8 Å². The van der Waals surface area contributed by atoms with E-state index < -0.39 is 0 Å². The van der Waals surface area contributed by atoms with Gasteiger partial charge >= 0.3 is 0 Å². The maximum atomic E-state index is 11.1. The largest absolute Gasteiger partial charge is 0.352 e. The lowest BCUT2D eigenvalue weighted by Crippen LogP contribution is -2.59. The van der Waals surface area contributed by atoms with Gasteiger partial charge in [0.15, 0.2) is 0 Å². The number of unbranched alkanes of at least 4 members (excludes halogenated alkanes) is 1. The number of carbonyl (C=O) groups is 1. The Bertz CT molecular complexity index is 165. The smallest absolute Gasteiger partial charge is 0.225 e. The Labute approximate surface area is 74.7 Å². The standard InChI is InChI=1S/C10H19NO/c1-4-5-6-8-9(7(2)3)10(12)11-8/h7-9H,4-6H2,1-3H3,(H,11,12)/t8-,9+/m1/s1. The van der Waals surface area contributed by atoms with Crippen LogP contribution in [0.15, 0.2) is 0 Å². The molecule has 2 nitrogen and oxygen atoms in total. The van der Waals surface area contributed by atoms with Crippen LogP contribution in [0.4, 0.5) is 0 Å². The van der Waals surface area contributed by atoms with Crippen molar-refractivity contribution in [2.75, 3.05) is 0 Å². The summed E-state index contributed by atoms with van der Waals surface area (Å²) < 4.78 is 0. The van der Waals surface area contributed by atoms with E-state index in [1.165, 1.54) is 12.8 Å². The van der Waals surface area contributed by atoms with Gasteiger partial charge in [0, 0.05) is 6.04 Å². The first kappa shape index (κ1) is 9.56. The third-order valence-corrected chi connectivity index (χ3v) is 2.65. The van der Waals surface area contributed by atoms with Crippen LogP contribution in [0, 0.1) is 11.8 Å². The Morgan fingerprint density at radius 2 is 2.17 bits per heavy atom. The quantitative estimate of drug-likeness (QED) is 0.640.